The first-order valence-electron chi connectivity index (χ1n) is 6.89. The Hall–Kier alpha value is -2.40. The molecule has 3 aromatic rings. The zero-order chi connectivity index (χ0) is 14.1. The third-order valence-electron chi connectivity index (χ3n) is 3.42. The van der Waals surface area contributed by atoms with Gasteiger partial charge >= 0.3 is 0 Å². The highest BCUT2D eigenvalue weighted by Gasteiger charge is 2.19. The largest absolute Gasteiger partial charge is 0.368 e. The van der Waals surface area contributed by atoms with Crippen LogP contribution in [0.3, 0.4) is 0 Å². The molecule has 1 aliphatic rings. The second kappa shape index (κ2) is 5.18. The molecule has 0 atom stereocenters. The average Bonchev–Trinajstić information content (AvgIpc) is 3.27. The summed E-state index contributed by atoms with van der Waals surface area (Å²) in [4.78, 5) is 5.70. The molecule has 0 aliphatic carbocycles. The first-order chi connectivity index (χ1) is 10.4. The van der Waals surface area contributed by atoms with Gasteiger partial charge in [0, 0.05) is 12.7 Å². The number of hydrogen-bond acceptors (Lipinski definition) is 4. The van der Waals surface area contributed by atoms with Crippen LogP contribution in [-0.2, 0) is 0 Å². The van der Waals surface area contributed by atoms with Gasteiger partial charge in [0.15, 0.2) is 0 Å². The minimum atomic E-state index is 0.829. The van der Waals surface area contributed by atoms with Gasteiger partial charge in [-0.1, -0.05) is 24.3 Å². The summed E-state index contributed by atoms with van der Waals surface area (Å²) in [5, 5.41) is 10.2. The molecule has 1 N–H and O–H groups in total. The molecule has 3 heterocycles. The number of aliphatic imine (C=N–C) groups is 1. The van der Waals surface area contributed by atoms with E-state index in [-0.39, 0.29) is 0 Å². The van der Waals surface area contributed by atoms with Crippen LogP contribution in [0.25, 0.3) is 16.3 Å². The van der Waals surface area contributed by atoms with Gasteiger partial charge in [-0.3, -0.25) is 4.99 Å². The van der Waals surface area contributed by atoms with E-state index in [1.807, 2.05) is 22.9 Å². The minimum Gasteiger partial charge on any atom is -0.368 e. The Kier molecular flexibility index (Phi) is 3.05. The lowest BCUT2D eigenvalue weighted by Crippen LogP contribution is -2.19. The van der Waals surface area contributed by atoms with Gasteiger partial charge in [-0.05, 0) is 23.6 Å². The summed E-state index contributed by atoms with van der Waals surface area (Å²) in [5.74, 6) is 0.945. The van der Waals surface area contributed by atoms with E-state index in [2.05, 4.69) is 46.2 Å². The van der Waals surface area contributed by atoms with Crippen LogP contribution in [0, 0.1) is 0 Å². The maximum absolute atomic E-state index is 4.77. The van der Waals surface area contributed by atoms with E-state index < -0.39 is 0 Å². The van der Waals surface area contributed by atoms with Gasteiger partial charge in [0.05, 0.1) is 22.7 Å². The molecule has 0 radical (unpaired) electrons. The molecule has 1 aliphatic heterocycles. The number of rotatable bonds is 3. The molecule has 104 valence electrons. The third-order valence-corrected chi connectivity index (χ3v) is 4.30. The van der Waals surface area contributed by atoms with Gasteiger partial charge in [-0.25, -0.2) is 4.68 Å². The molecule has 0 saturated heterocycles. The van der Waals surface area contributed by atoms with Crippen molar-refractivity contribution in [3.63, 3.8) is 0 Å². The first-order valence-corrected chi connectivity index (χ1v) is 7.77. The quantitative estimate of drug-likeness (QED) is 0.807. The highest BCUT2D eigenvalue weighted by atomic mass is 32.1. The van der Waals surface area contributed by atoms with Crippen LogP contribution < -0.4 is 5.32 Å². The van der Waals surface area contributed by atoms with E-state index in [1.165, 1.54) is 0 Å². The Morgan fingerprint density at radius 1 is 1.10 bits per heavy atom. The average molecular weight is 294 g/mol. The van der Waals surface area contributed by atoms with Gasteiger partial charge in [0.1, 0.15) is 11.5 Å². The Balaban J connectivity index is 1.86. The second-order valence-electron chi connectivity index (χ2n) is 4.81. The topological polar surface area (TPSA) is 42.2 Å². The molecule has 21 heavy (non-hydrogen) atoms. The molecule has 0 bridgehead atoms. The van der Waals surface area contributed by atoms with Crippen molar-refractivity contribution in [1.82, 2.24) is 15.1 Å². The standard InChI is InChI=1S/C16H14N4S/c1-2-5-12(6-3-1)20-11-13(16-17-8-9-18-16)15(19-20)14-7-4-10-21-14/h1-7,10-11H,8-9H2,(H,17,18). The summed E-state index contributed by atoms with van der Waals surface area (Å²) < 4.78 is 1.92. The summed E-state index contributed by atoms with van der Waals surface area (Å²) in [7, 11) is 0. The Bertz CT molecular complexity index is 772. The van der Waals surface area contributed by atoms with E-state index in [9.17, 15) is 0 Å². The second-order valence-corrected chi connectivity index (χ2v) is 5.75. The fraction of sp³-hybridized carbons (Fsp3) is 0.125. The zero-order valence-electron chi connectivity index (χ0n) is 11.4. The predicted octanol–water partition coefficient (Wildman–Crippen LogP) is 2.95. The lowest BCUT2D eigenvalue weighted by molar-refractivity contribution is 0.885. The minimum absolute atomic E-state index is 0.829. The number of thiophene rings is 1. The van der Waals surface area contributed by atoms with Crippen LogP contribution in [0.4, 0.5) is 0 Å². The van der Waals surface area contributed by atoms with Crippen LogP contribution in [0.1, 0.15) is 5.56 Å². The molecule has 0 spiro atoms. The van der Waals surface area contributed by atoms with E-state index in [0.717, 1.165) is 40.7 Å². The van der Waals surface area contributed by atoms with Gasteiger partial charge in [0.2, 0.25) is 0 Å². The molecule has 4 rings (SSSR count). The van der Waals surface area contributed by atoms with Crippen molar-refractivity contribution in [1.29, 1.82) is 0 Å². The smallest absolute Gasteiger partial charge is 0.132 e. The summed E-state index contributed by atoms with van der Waals surface area (Å²) in [6.45, 7) is 1.73. The van der Waals surface area contributed by atoms with Crippen LogP contribution in [0.15, 0.2) is 59.0 Å². The third kappa shape index (κ3) is 2.25. The summed E-state index contributed by atoms with van der Waals surface area (Å²) in [6, 6.07) is 14.3. The Labute approximate surface area is 126 Å². The molecular weight excluding hydrogens is 280 g/mol. The molecule has 1 aromatic carbocycles. The van der Waals surface area contributed by atoms with Gasteiger partial charge < -0.3 is 5.32 Å². The monoisotopic (exact) mass is 294 g/mol. The number of nitrogens with zero attached hydrogens (tertiary/aromatic N) is 3. The molecule has 0 saturated carbocycles. The number of para-hydroxylation sites is 1. The van der Waals surface area contributed by atoms with Crippen LogP contribution >= 0.6 is 11.3 Å². The lowest BCUT2D eigenvalue weighted by atomic mass is 10.2. The maximum atomic E-state index is 4.77. The van der Waals surface area contributed by atoms with Crippen molar-refractivity contribution >= 4 is 17.2 Å². The molecule has 2 aromatic heterocycles. The van der Waals surface area contributed by atoms with Gasteiger partial charge in [0.25, 0.3) is 0 Å². The molecule has 5 heteroatoms. The first kappa shape index (κ1) is 12.3. The SMILES string of the molecule is c1ccc(-n2cc(C3=NCCN3)c(-c3cccs3)n2)cc1. The Morgan fingerprint density at radius 2 is 2.00 bits per heavy atom. The van der Waals surface area contributed by atoms with Crippen molar-refractivity contribution in [2.75, 3.05) is 13.1 Å². The summed E-state index contributed by atoms with van der Waals surface area (Å²) in [5.41, 5.74) is 3.11. The van der Waals surface area contributed by atoms with Gasteiger partial charge in [-0.15, -0.1) is 11.3 Å². The van der Waals surface area contributed by atoms with Crippen LogP contribution in [0.2, 0.25) is 0 Å². The lowest BCUT2D eigenvalue weighted by Gasteiger charge is -2.00. The van der Waals surface area contributed by atoms with E-state index >= 15 is 0 Å². The Morgan fingerprint density at radius 3 is 2.71 bits per heavy atom. The number of aromatic nitrogens is 2. The molecular formula is C16H14N4S. The number of hydrogen-bond donors (Lipinski definition) is 1. The van der Waals surface area contributed by atoms with Crippen molar-refractivity contribution in [2.24, 2.45) is 4.99 Å². The van der Waals surface area contributed by atoms with Crippen molar-refractivity contribution in [3.8, 4) is 16.3 Å². The number of benzene rings is 1. The number of amidine groups is 1. The van der Waals surface area contributed by atoms with E-state index in [4.69, 9.17) is 5.10 Å². The van der Waals surface area contributed by atoms with Crippen LogP contribution in [-0.4, -0.2) is 28.7 Å². The fourth-order valence-corrected chi connectivity index (χ4v) is 3.16. The van der Waals surface area contributed by atoms with Crippen molar-refractivity contribution in [2.45, 2.75) is 0 Å². The summed E-state index contributed by atoms with van der Waals surface area (Å²) in [6.07, 6.45) is 2.06. The molecule has 0 unspecified atom stereocenters. The molecule has 4 nitrogen and oxygen atoms in total. The van der Waals surface area contributed by atoms with E-state index in [0.29, 0.717) is 0 Å². The maximum Gasteiger partial charge on any atom is 0.132 e. The summed E-state index contributed by atoms with van der Waals surface area (Å²) >= 11 is 1.70. The zero-order valence-corrected chi connectivity index (χ0v) is 12.2. The van der Waals surface area contributed by atoms with Gasteiger partial charge in [-0.2, -0.15) is 5.10 Å². The van der Waals surface area contributed by atoms with Crippen LogP contribution in [0.5, 0.6) is 0 Å². The number of nitrogens with one attached hydrogen (secondary N) is 1. The van der Waals surface area contributed by atoms with Crippen molar-refractivity contribution < 1.29 is 0 Å². The normalized spacial score (nSPS) is 14.0. The fourth-order valence-electron chi connectivity index (χ4n) is 2.43. The molecule has 0 fully saturated rings. The predicted molar refractivity (Wildman–Crippen MR) is 86.3 cm³/mol. The van der Waals surface area contributed by atoms with Crippen molar-refractivity contribution in [3.05, 3.63) is 59.6 Å². The van der Waals surface area contributed by atoms with E-state index in [1.54, 1.807) is 11.3 Å². The highest BCUT2D eigenvalue weighted by Crippen LogP contribution is 2.28. The highest BCUT2D eigenvalue weighted by molar-refractivity contribution is 7.13. The molecule has 0 amide bonds.